The molecule has 0 saturated carbocycles. The lowest BCUT2D eigenvalue weighted by Gasteiger charge is -2.47. The van der Waals surface area contributed by atoms with Crippen molar-refractivity contribution in [2.75, 3.05) is 6.54 Å². The maximum atomic E-state index is 12.9. The summed E-state index contributed by atoms with van der Waals surface area (Å²) in [7, 11) is 0. The van der Waals surface area contributed by atoms with Gasteiger partial charge in [-0.15, -0.1) is 0 Å². The molecule has 16 heavy (non-hydrogen) atoms. The minimum Gasteiger partial charge on any atom is -0.307 e. The van der Waals surface area contributed by atoms with Crippen molar-refractivity contribution >= 4 is 0 Å². The number of benzene rings is 1. The SMILES string of the molecule is CC(C)(C)CC1(c2ccc(F)cc2)CCN1. The van der Waals surface area contributed by atoms with Crippen LogP contribution in [0.25, 0.3) is 0 Å². The Labute approximate surface area is 97.1 Å². The normalized spacial score (nSPS) is 25.2. The number of hydrogen-bond acceptors (Lipinski definition) is 1. The molecule has 1 aromatic rings. The quantitative estimate of drug-likeness (QED) is 0.806. The smallest absolute Gasteiger partial charge is 0.123 e. The van der Waals surface area contributed by atoms with Crippen LogP contribution < -0.4 is 5.32 Å². The monoisotopic (exact) mass is 221 g/mol. The Balaban J connectivity index is 2.24. The van der Waals surface area contributed by atoms with Crippen molar-refractivity contribution in [3.05, 3.63) is 35.6 Å². The Kier molecular flexibility index (Phi) is 2.79. The molecule has 0 amide bonds. The molecule has 1 unspecified atom stereocenters. The van der Waals surface area contributed by atoms with Crippen molar-refractivity contribution in [1.82, 2.24) is 5.32 Å². The van der Waals surface area contributed by atoms with E-state index in [-0.39, 0.29) is 16.8 Å². The lowest BCUT2D eigenvalue weighted by atomic mass is 9.70. The first-order valence-electron chi connectivity index (χ1n) is 5.92. The van der Waals surface area contributed by atoms with E-state index in [1.165, 1.54) is 5.56 Å². The molecule has 0 radical (unpaired) electrons. The average Bonchev–Trinajstić information content (AvgIpc) is 2.11. The van der Waals surface area contributed by atoms with Crippen molar-refractivity contribution < 1.29 is 4.39 Å². The number of rotatable bonds is 2. The van der Waals surface area contributed by atoms with Gasteiger partial charge in [0.1, 0.15) is 5.82 Å². The second kappa shape index (κ2) is 3.85. The van der Waals surface area contributed by atoms with E-state index in [1.54, 1.807) is 12.1 Å². The van der Waals surface area contributed by atoms with Crippen LogP contribution in [-0.2, 0) is 5.54 Å². The lowest BCUT2D eigenvalue weighted by molar-refractivity contribution is 0.132. The molecule has 1 aromatic carbocycles. The van der Waals surface area contributed by atoms with E-state index < -0.39 is 0 Å². The predicted molar refractivity (Wildman–Crippen MR) is 64.8 cm³/mol. The first-order valence-corrected chi connectivity index (χ1v) is 5.92. The van der Waals surface area contributed by atoms with Crippen LogP contribution >= 0.6 is 0 Å². The van der Waals surface area contributed by atoms with E-state index in [0.717, 1.165) is 19.4 Å². The van der Waals surface area contributed by atoms with E-state index >= 15 is 0 Å². The van der Waals surface area contributed by atoms with Crippen LogP contribution in [0.15, 0.2) is 24.3 Å². The van der Waals surface area contributed by atoms with Crippen molar-refractivity contribution in [2.45, 2.75) is 39.2 Å². The predicted octanol–water partition coefficient (Wildman–Crippen LogP) is 3.45. The standard InChI is InChI=1S/C14H20FN/c1-13(2,3)10-14(8-9-16-14)11-4-6-12(15)7-5-11/h4-7,16H,8-10H2,1-3H3. The maximum absolute atomic E-state index is 12.9. The number of nitrogens with one attached hydrogen (secondary N) is 1. The summed E-state index contributed by atoms with van der Waals surface area (Å²) < 4.78 is 12.9. The highest BCUT2D eigenvalue weighted by Crippen LogP contribution is 2.41. The van der Waals surface area contributed by atoms with Crippen LogP contribution in [0.5, 0.6) is 0 Å². The molecule has 0 bridgehead atoms. The largest absolute Gasteiger partial charge is 0.307 e. The van der Waals surface area contributed by atoms with Crippen LogP contribution in [0, 0.1) is 11.2 Å². The second-order valence-corrected chi connectivity index (χ2v) is 6.00. The zero-order valence-electron chi connectivity index (χ0n) is 10.3. The van der Waals surface area contributed by atoms with Gasteiger partial charge >= 0.3 is 0 Å². The van der Waals surface area contributed by atoms with Crippen molar-refractivity contribution in [3.63, 3.8) is 0 Å². The van der Waals surface area contributed by atoms with Gasteiger partial charge in [0.2, 0.25) is 0 Å². The molecular weight excluding hydrogens is 201 g/mol. The van der Waals surface area contributed by atoms with Crippen LogP contribution in [0.4, 0.5) is 4.39 Å². The van der Waals surface area contributed by atoms with E-state index in [0.29, 0.717) is 0 Å². The van der Waals surface area contributed by atoms with Gasteiger partial charge in [0.15, 0.2) is 0 Å². The second-order valence-electron chi connectivity index (χ2n) is 6.00. The van der Waals surface area contributed by atoms with E-state index in [2.05, 4.69) is 26.1 Å². The first-order chi connectivity index (χ1) is 7.41. The van der Waals surface area contributed by atoms with Crippen LogP contribution in [0.3, 0.4) is 0 Å². The Morgan fingerprint density at radius 2 is 1.81 bits per heavy atom. The summed E-state index contributed by atoms with van der Waals surface area (Å²) in [6.07, 6.45) is 2.24. The van der Waals surface area contributed by atoms with Gasteiger partial charge < -0.3 is 5.32 Å². The van der Waals surface area contributed by atoms with Gasteiger partial charge in [0, 0.05) is 5.54 Å². The molecule has 0 spiro atoms. The molecular formula is C14H20FN. The Hall–Kier alpha value is -0.890. The maximum Gasteiger partial charge on any atom is 0.123 e. The molecule has 1 heterocycles. The third-order valence-corrected chi connectivity index (χ3v) is 3.24. The molecule has 1 aliphatic heterocycles. The third kappa shape index (κ3) is 2.27. The number of hydrogen-bond donors (Lipinski definition) is 1. The average molecular weight is 221 g/mol. The molecule has 1 fully saturated rings. The minimum absolute atomic E-state index is 0.0753. The molecule has 1 N–H and O–H groups in total. The van der Waals surface area contributed by atoms with Crippen molar-refractivity contribution in [3.8, 4) is 0 Å². The third-order valence-electron chi connectivity index (χ3n) is 3.24. The first kappa shape index (κ1) is 11.6. The van der Waals surface area contributed by atoms with Crippen molar-refractivity contribution in [1.29, 1.82) is 0 Å². The lowest BCUT2D eigenvalue weighted by Crippen LogP contribution is -2.55. The van der Waals surface area contributed by atoms with Gasteiger partial charge in [-0.1, -0.05) is 32.9 Å². The van der Waals surface area contributed by atoms with Gasteiger partial charge in [-0.2, -0.15) is 0 Å². The molecule has 1 saturated heterocycles. The summed E-state index contributed by atoms with van der Waals surface area (Å²) in [4.78, 5) is 0. The zero-order chi connectivity index (χ0) is 11.8. The van der Waals surface area contributed by atoms with Gasteiger partial charge in [-0.25, -0.2) is 4.39 Å². The van der Waals surface area contributed by atoms with Crippen LogP contribution in [0.2, 0.25) is 0 Å². The highest BCUT2D eigenvalue weighted by atomic mass is 19.1. The Bertz CT molecular complexity index is 357. The molecule has 1 atom stereocenters. The highest BCUT2D eigenvalue weighted by Gasteiger charge is 2.40. The van der Waals surface area contributed by atoms with Crippen LogP contribution in [0.1, 0.15) is 39.2 Å². The zero-order valence-corrected chi connectivity index (χ0v) is 10.3. The van der Waals surface area contributed by atoms with E-state index in [4.69, 9.17) is 0 Å². The van der Waals surface area contributed by atoms with Crippen LogP contribution in [-0.4, -0.2) is 6.54 Å². The minimum atomic E-state index is -0.158. The molecule has 2 heteroatoms. The molecule has 0 aliphatic carbocycles. The number of halogens is 1. The fraction of sp³-hybridized carbons (Fsp3) is 0.571. The van der Waals surface area contributed by atoms with E-state index in [1.807, 2.05) is 12.1 Å². The summed E-state index contributed by atoms with van der Waals surface area (Å²) in [5.74, 6) is -0.158. The summed E-state index contributed by atoms with van der Waals surface area (Å²) in [5, 5.41) is 3.53. The molecule has 2 rings (SSSR count). The Morgan fingerprint density at radius 3 is 2.19 bits per heavy atom. The molecule has 88 valence electrons. The highest BCUT2D eigenvalue weighted by molar-refractivity contribution is 5.28. The van der Waals surface area contributed by atoms with Gasteiger partial charge in [0.25, 0.3) is 0 Å². The molecule has 1 nitrogen and oxygen atoms in total. The Morgan fingerprint density at radius 1 is 1.25 bits per heavy atom. The summed E-state index contributed by atoms with van der Waals surface area (Å²) in [6, 6.07) is 6.93. The summed E-state index contributed by atoms with van der Waals surface area (Å²) in [5.41, 5.74) is 1.57. The fourth-order valence-corrected chi connectivity index (χ4v) is 2.60. The van der Waals surface area contributed by atoms with Gasteiger partial charge in [-0.3, -0.25) is 0 Å². The summed E-state index contributed by atoms with van der Waals surface area (Å²) in [6.45, 7) is 7.81. The fourth-order valence-electron chi connectivity index (χ4n) is 2.60. The van der Waals surface area contributed by atoms with Gasteiger partial charge in [-0.05, 0) is 42.5 Å². The van der Waals surface area contributed by atoms with Crippen molar-refractivity contribution in [2.24, 2.45) is 5.41 Å². The van der Waals surface area contributed by atoms with E-state index in [9.17, 15) is 4.39 Å². The molecule has 1 aliphatic rings. The van der Waals surface area contributed by atoms with Gasteiger partial charge in [0.05, 0.1) is 0 Å². The molecule has 0 aromatic heterocycles. The summed E-state index contributed by atoms with van der Waals surface area (Å²) >= 11 is 0. The topological polar surface area (TPSA) is 12.0 Å².